The van der Waals surface area contributed by atoms with Crippen molar-refractivity contribution in [2.75, 3.05) is 13.2 Å². The van der Waals surface area contributed by atoms with E-state index in [0.717, 1.165) is 5.56 Å². The maximum atomic E-state index is 9.50. The average molecular weight is 332 g/mol. The molecule has 0 saturated carbocycles. The summed E-state index contributed by atoms with van der Waals surface area (Å²) in [4.78, 5) is 0. The molecule has 0 aliphatic carbocycles. The number of rotatable bonds is 5. The second-order valence-corrected chi connectivity index (χ2v) is 5.59. The van der Waals surface area contributed by atoms with E-state index in [-0.39, 0.29) is 12.5 Å². The number of halogens is 3. The fourth-order valence-electron chi connectivity index (χ4n) is 1.80. The monoisotopic (exact) mass is 330 g/mol. The van der Waals surface area contributed by atoms with Crippen LogP contribution in [0.3, 0.4) is 0 Å². The predicted octanol–water partition coefficient (Wildman–Crippen LogP) is 4.80. The Hall–Kier alpha value is -0.930. The van der Waals surface area contributed by atoms with Crippen LogP contribution in [0.5, 0.6) is 5.75 Å². The highest BCUT2D eigenvalue weighted by Gasteiger charge is 2.15. The molecule has 0 saturated heterocycles. The maximum Gasteiger partial charge on any atom is 0.119 e. The molecule has 0 aliphatic heterocycles. The summed E-state index contributed by atoms with van der Waals surface area (Å²) in [5, 5.41) is 11.2. The molecule has 0 bridgehead atoms. The molecular weight excluding hydrogens is 319 g/mol. The van der Waals surface area contributed by atoms with Crippen molar-refractivity contribution < 1.29 is 9.84 Å². The molecule has 5 heteroatoms. The predicted molar refractivity (Wildman–Crippen MR) is 83.2 cm³/mol. The van der Waals surface area contributed by atoms with Crippen molar-refractivity contribution in [3.05, 3.63) is 63.1 Å². The summed E-state index contributed by atoms with van der Waals surface area (Å²) < 4.78 is 5.64. The molecule has 0 unspecified atom stereocenters. The van der Waals surface area contributed by atoms with Crippen LogP contribution >= 0.6 is 34.8 Å². The molecule has 0 heterocycles. The third-order valence-electron chi connectivity index (χ3n) is 2.89. The summed E-state index contributed by atoms with van der Waals surface area (Å²) in [6, 6.07) is 12.3. The van der Waals surface area contributed by atoms with Gasteiger partial charge >= 0.3 is 0 Å². The SMILES string of the molecule is OC[C@H](COc1ccc(Cl)cc1)c1ccc(Cl)cc1Cl. The molecule has 0 amide bonds. The van der Waals surface area contributed by atoms with E-state index in [9.17, 15) is 5.11 Å². The van der Waals surface area contributed by atoms with Gasteiger partial charge in [-0.15, -0.1) is 0 Å². The van der Waals surface area contributed by atoms with Crippen molar-refractivity contribution in [2.45, 2.75) is 5.92 Å². The molecule has 0 aromatic heterocycles. The van der Waals surface area contributed by atoms with E-state index in [1.165, 1.54) is 0 Å². The van der Waals surface area contributed by atoms with E-state index in [0.29, 0.717) is 27.4 Å². The molecule has 0 spiro atoms. The highest BCUT2D eigenvalue weighted by Crippen LogP contribution is 2.28. The van der Waals surface area contributed by atoms with Gasteiger partial charge in [-0.25, -0.2) is 0 Å². The molecule has 0 aliphatic rings. The van der Waals surface area contributed by atoms with Crippen LogP contribution in [0.4, 0.5) is 0 Å². The summed E-state index contributed by atoms with van der Waals surface area (Å²) in [5.74, 6) is 0.480. The van der Waals surface area contributed by atoms with Crippen LogP contribution in [-0.4, -0.2) is 18.3 Å². The van der Waals surface area contributed by atoms with Gasteiger partial charge in [-0.3, -0.25) is 0 Å². The van der Waals surface area contributed by atoms with E-state index in [2.05, 4.69) is 0 Å². The zero-order chi connectivity index (χ0) is 14.5. The van der Waals surface area contributed by atoms with Crippen molar-refractivity contribution >= 4 is 34.8 Å². The highest BCUT2D eigenvalue weighted by atomic mass is 35.5. The zero-order valence-electron chi connectivity index (χ0n) is 10.5. The Morgan fingerprint density at radius 2 is 1.60 bits per heavy atom. The summed E-state index contributed by atoms with van der Waals surface area (Å²) in [6.07, 6.45) is 0. The molecule has 2 rings (SSSR count). The van der Waals surface area contributed by atoms with Crippen molar-refractivity contribution in [3.63, 3.8) is 0 Å². The molecule has 2 aromatic rings. The quantitative estimate of drug-likeness (QED) is 0.852. The second-order valence-electron chi connectivity index (χ2n) is 4.31. The van der Waals surface area contributed by atoms with Crippen molar-refractivity contribution in [1.82, 2.24) is 0 Å². The largest absolute Gasteiger partial charge is 0.493 e. The lowest BCUT2D eigenvalue weighted by atomic mass is 10.0. The fraction of sp³-hybridized carbons (Fsp3) is 0.200. The smallest absolute Gasteiger partial charge is 0.119 e. The van der Waals surface area contributed by atoms with Gasteiger partial charge in [0.05, 0.1) is 13.2 Å². The Balaban J connectivity index is 2.07. The summed E-state index contributed by atoms with van der Waals surface area (Å²) in [6.45, 7) is 0.258. The molecule has 0 fully saturated rings. The Labute approximate surface area is 132 Å². The second kappa shape index (κ2) is 7.19. The van der Waals surface area contributed by atoms with Gasteiger partial charge in [0, 0.05) is 21.0 Å². The van der Waals surface area contributed by atoms with E-state index < -0.39 is 0 Å². The van der Waals surface area contributed by atoms with Crippen LogP contribution < -0.4 is 4.74 Å². The first kappa shape index (κ1) is 15.5. The molecule has 20 heavy (non-hydrogen) atoms. The van der Waals surface area contributed by atoms with Gasteiger partial charge in [0.15, 0.2) is 0 Å². The average Bonchev–Trinajstić information content (AvgIpc) is 2.43. The number of hydrogen-bond acceptors (Lipinski definition) is 2. The Morgan fingerprint density at radius 3 is 2.20 bits per heavy atom. The van der Waals surface area contributed by atoms with E-state index in [4.69, 9.17) is 39.5 Å². The van der Waals surface area contributed by atoms with Crippen LogP contribution in [-0.2, 0) is 0 Å². The highest BCUT2D eigenvalue weighted by molar-refractivity contribution is 6.35. The van der Waals surface area contributed by atoms with Crippen LogP contribution in [0.15, 0.2) is 42.5 Å². The molecular formula is C15H13Cl3O2. The Kier molecular flexibility index (Phi) is 5.55. The van der Waals surface area contributed by atoms with Gasteiger partial charge in [0.1, 0.15) is 5.75 Å². The topological polar surface area (TPSA) is 29.5 Å². The lowest BCUT2D eigenvalue weighted by molar-refractivity contribution is 0.205. The van der Waals surface area contributed by atoms with E-state index in [1.807, 2.05) is 0 Å². The normalized spacial score (nSPS) is 12.2. The van der Waals surface area contributed by atoms with Crippen LogP contribution in [0.1, 0.15) is 11.5 Å². The fourth-order valence-corrected chi connectivity index (χ4v) is 2.49. The lowest BCUT2D eigenvalue weighted by Gasteiger charge is -2.17. The van der Waals surface area contributed by atoms with Crippen molar-refractivity contribution in [2.24, 2.45) is 0 Å². The van der Waals surface area contributed by atoms with Gasteiger partial charge in [0.2, 0.25) is 0 Å². The summed E-state index contributed by atoms with van der Waals surface area (Å²) >= 11 is 17.8. The number of aliphatic hydroxyl groups excluding tert-OH is 1. The molecule has 0 radical (unpaired) electrons. The lowest BCUT2D eigenvalue weighted by Crippen LogP contribution is -2.14. The summed E-state index contributed by atoms with van der Waals surface area (Å²) in [7, 11) is 0. The minimum absolute atomic E-state index is 0.0606. The molecule has 1 N–H and O–H groups in total. The number of hydrogen-bond donors (Lipinski definition) is 1. The summed E-state index contributed by atoms with van der Waals surface area (Å²) in [5.41, 5.74) is 0.813. The maximum absolute atomic E-state index is 9.50. The zero-order valence-corrected chi connectivity index (χ0v) is 12.8. The number of ether oxygens (including phenoxy) is 1. The molecule has 2 aromatic carbocycles. The van der Waals surface area contributed by atoms with Gasteiger partial charge < -0.3 is 9.84 Å². The van der Waals surface area contributed by atoms with Crippen LogP contribution in [0.2, 0.25) is 15.1 Å². The Morgan fingerprint density at radius 1 is 0.950 bits per heavy atom. The van der Waals surface area contributed by atoms with Gasteiger partial charge in [0.25, 0.3) is 0 Å². The molecule has 1 atom stereocenters. The molecule has 2 nitrogen and oxygen atoms in total. The van der Waals surface area contributed by atoms with Crippen LogP contribution in [0, 0.1) is 0 Å². The van der Waals surface area contributed by atoms with Crippen molar-refractivity contribution in [3.8, 4) is 5.75 Å². The van der Waals surface area contributed by atoms with Gasteiger partial charge in [-0.2, -0.15) is 0 Å². The first-order chi connectivity index (χ1) is 9.60. The van der Waals surface area contributed by atoms with Crippen molar-refractivity contribution in [1.29, 1.82) is 0 Å². The number of aliphatic hydroxyl groups is 1. The van der Waals surface area contributed by atoms with Crippen LogP contribution in [0.25, 0.3) is 0 Å². The van der Waals surface area contributed by atoms with E-state index >= 15 is 0 Å². The van der Waals surface area contributed by atoms with E-state index in [1.54, 1.807) is 42.5 Å². The first-order valence-electron chi connectivity index (χ1n) is 6.04. The Bertz CT molecular complexity index is 570. The third kappa shape index (κ3) is 4.03. The minimum Gasteiger partial charge on any atom is -0.493 e. The third-order valence-corrected chi connectivity index (χ3v) is 3.70. The standard InChI is InChI=1S/C15H13Cl3O2/c16-11-1-4-13(5-2-11)20-9-10(8-19)14-6-3-12(17)7-15(14)18/h1-7,10,19H,8-9H2/t10-/m1/s1. The minimum atomic E-state index is -0.213. The number of benzene rings is 2. The van der Waals surface area contributed by atoms with Gasteiger partial charge in [-0.05, 0) is 42.0 Å². The first-order valence-corrected chi connectivity index (χ1v) is 7.17. The molecule has 106 valence electrons. The van der Waals surface area contributed by atoms with Gasteiger partial charge in [-0.1, -0.05) is 40.9 Å².